The summed E-state index contributed by atoms with van der Waals surface area (Å²) in [6.45, 7) is 9.87. The van der Waals surface area contributed by atoms with Gasteiger partial charge in [-0.2, -0.15) is 4.31 Å². The van der Waals surface area contributed by atoms with E-state index in [4.69, 9.17) is 0 Å². The van der Waals surface area contributed by atoms with Crippen LogP contribution in [0.3, 0.4) is 0 Å². The zero-order chi connectivity index (χ0) is 26.2. The van der Waals surface area contributed by atoms with Gasteiger partial charge in [-0.15, -0.1) is 0 Å². The maximum Gasteiger partial charge on any atom is 0.231 e. The first-order chi connectivity index (χ1) is 17.9. The number of nitrogens with one attached hydrogen (secondary N) is 1. The quantitative estimate of drug-likeness (QED) is 0.576. The highest BCUT2D eigenvalue weighted by atomic mass is 32.2. The van der Waals surface area contributed by atoms with Gasteiger partial charge in [-0.3, -0.25) is 10.3 Å². The summed E-state index contributed by atoms with van der Waals surface area (Å²) in [4.78, 5) is 2.35. The smallest absolute Gasteiger partial charge is 0.231 e. The van der Waals surface area contributed by atoms with Gasteiger partial charge in [-0.25, -0.2) is 13.4 Å². The normalized spacial score (nSPS) is 27.9. The van der Waals surface area contributed by atoms with Crippen LogP contribution in [-0.2, 0) is 10.0 Å². The molecule has 2 aromatic carbocycles. The summed E-state index contributed by atoms with van der Waals surface area (Å²) in [5, 5.41) is 11.7. The van der Waals surface area contributed by atoms with Crippen LogP contribution < -0.4 is 5.43 Å². The van der Waals surface area contributed by atoms with Crippen molar-refractivity contribution in [2.45, 2.75) is 69.8 Å². The standard InChI is InChI=1S/C29H42N4O3S/c1-4-16-33-28(14-15-30-33)37(35,36)31-17-5-6-18-32-26(19-31)29(27(32)20-34)24-12-10-23(11-13-24)25-9-7-8-21(2)22(25)3/h7-13,26-30,34H,4-6,14-20H2,1-3H3. The molecular formula is C29H42N4O3S. The zero-order valence-corrected chi connectivity index (χ0v) is 23.3. The van der Waals surface area contributed by atoms with Crippen molar-refractivity contribution in [2.24, 2.45) is 0 Å². The number of hydrazine groups is 1. The molecule has 0 bridgehead atoms. The van der Waals surface area contributed by atoms with E-state index in [1.165, 1.54) is 27.8 Å². The second-order valence-corrected chi connectivity index (χ2v) is 13.0. The van der Waals surface area contributed by atoms with Gasteiger partial charge in [-0.05, 0) is 73.9 Å². The lowest BCUT2D eigenvalue weighted by Gasteiger charge is -2.57. The minimum atomic E-state index is -3.47. The van der Waals surface area contributed by atoms with Crippen LogP contribution in [-0.4, -0.2) is 84.5 Å². The molecule has 3 aliphatic rings. The van der Waals surface area contributed by atoms with Crippen LogP contribution in [0, 0.1) is 13.8 Å². The van der Waals surface area contributed by atoms with E-state index in [1.807, 2.05) is 5.01 Å². The van der Waals surface area contributed by atoms with Gasteiger partial charge in [0.05, 0.1) is 6.61 Å². The molecule has 3 heterocycles. The van der Waals surface area contributed by atoms with Crippen LogP contribution in [0.25, 0.3) is 11.1 Å². The number of nitrogens with zero attached hydrogens (tertiary/aromatic N) is 3. The van der Waals surface area contributed by atoms with Gasteiger partial charge in [0.15, 0.2) is 0 Å². The molecular weight excluding hydrogens is 484 g/mol. The highest BCUT2D eigenvalue weighted by molar-refractivity contribution is 7.89. The van der Waals surface area contributed by atoms with Gasteiger partial charge in [0, 0.05) is 44.2 Å². The van der Waals surface area contributed by atoms with E-state index in [2.05, 4.69) is 73.6 Å². The maximum atomic E-state index is 13.8. The van der Waals surface area contributed by atoms with Gasteiger partial charge in [-0.1, -0.05) is 49.4 Å². The molecule has 4 atom stereocenters. The molecule has 4 unspecified atom stereocenters. The zero-order valence-electron chi connectivity index (χ0n) is 22.4. The number of hydrogen-bond acceptors (Lipinski definition) is 6. The van der Waals surface area contributed by atoms with Gasteiger partial charge >= 0.3 is 0 Å². The minimum absolute atomic E-state index is 0.0314. The molecule has 5 rings (SSSR count). The van der Waals surface area contributed by atoms with Crippen molar-refractivity contribution in [1.82, 2.24) is 19.6 Å². The third kappa shape index (κ3) is 5.00. The van der Waals surface area contributed by atoms with Crippen molar-refractivity contribution in [2.75, 3.05) is 39.3 Å². The fraction of sp³-hybridized carbons (Fsp3) is 0.586. The maximum absolute atomic E-state index is 13.8. The van der Waals surface area contributed by atoms with Gasteiger partial charge < -0.3 is 5.11 Å². The second-order valence-electron chi connectivity index (χ2n) is 10.9. The molecule has 3 aliphatic heterocycles. The summed E-state index contributed by atoms with van der Waals surface area (Å²) in [7, 11) is -3.47. The number of rotatable bonds is 7. The molecule has 202 valence electrons. The molecule has 37 heavy (non-hydrogen) atoms. The summed E-state index contributed by atoms with van der Waals surface area (Å²) in [5.41, 5.74) is 9.46. The summed E-state index contributed by atoms with van der Waals surface area (Å²) in [6.07, 6.45) is 3.33. The monoisotopic (exact) mass is 526 g/mol. The molecule has 7 nitrogen and oxygen atoms in total. The molecule has 0 radical (unpaired) electrons. The molecule has 8 heteroatoms. The van der Waals surface area contributed by atoms with Crippen LogP contribution in [0.15, 0.2) is 42.5 Å². The van der Waals surface area contributed by atoms with E-state index in [0.29, 0.717) is 26.1 Å². The fourth-order valence-corrected chi connectivity index (χ4v) is 8.63. The van der Waals surface area contributed by atoms with E-state index < -0.39 is 15.4 Å². The summed E-state index contributed by atoms with van der Waals surface area (Å²) >= 11 is 0. The number of aryl methyl sites for hydroxylation is 1. The average Bonchev–Trinajstić information content (AvgIpc) is 3.35. The first kappa shape index (κ1) is 26.8. The Morgan fingerprint density at radius 3 is 2.54 bits per heavy atom. The predicted molar refractivity (Wildman–Crippen MR) is 149 cm³/mol. The van der Waals surface area contributed by atoms with Crippen molar-refractivity contribution in [3.05, 3.63) is 59.2 Å². The first-order valence-corrected chi connectivity index (χ1v) is 15.4. The molecule has 3 saturated heterocycles. The Morgan fingerprint density at radius 1 is 1.05 bits per heavy atom. The van der Waals surface area contributed by atoms with Crippen molar-refractivity contribution in [3.8, 4) is 11.1 Å². The third-order valence-electron chi connectivity index (χ3n) is 8.77. The van der Waals surface area contributed by atoms with E-state index >= 15 is 0 Å². The fourth-order valence-electron chi connectivity index (χ4n) is 6.62. The molecule has 0 saturated carbocycles. The molecule has 0 aliphatic carbocycles. The molecule has 0 spiro atoms. The largest absolute Gasteiger partial charge is 0.395 e. The number of hydrogen-bond donors (Lipinski definition) is 2. The number of sulfonamides is 1. The lowest BCUT2D eigenvalue weighted by molar-refractivity contribution is -0.0556. The van der Waals surface area contributed by atoms with Crippen molar-refractivity contribution in [3.63, 3.8) is 0 Å². The third-order valence-corrected chi connectivity index (χ3v) is 11.0. The SMILES string of the molecule is CCCN1NCCC1S(=O)(=O)N1CCCCN2C(CO)C(c3ccc(-c4cccc(C)c4C)cc3)C2C1. The van der Waals surface area contributed by atoms with Crippen LogP contribution in [0.2, 0.25) is 0 Å². The van der Waals surface area contributed by atoms with Crippen molar-refractivity contribution < 1.29 is 13.5 Å². The lowest BCUT2D eigenvalue weighted by atomic mass is 9.74. The van der Waals surface area contributed by atoms with Gasteiger partial charge in [0.25, 0.3) is 0 Å². The van der Waals surface area contributed by atoms with Crippen LogP contribution in [0.4, 0.5) is 0 Å². The van der Waals surface area contributed by atoms with E-state index in [0.717, 1.165) is 32.4 Å². The first-order valence-electron chi connectivity index (χ1n) is 13.9. The highest BCUT2D eigenvalue weighted by Crippen LogP contribution is 2.43. The number of aliphatic hydroxyl groups is 1. The molecule has 2 N–H and O–H groups in total. The van der Waals surface area contributed by atoms with E-state index in [-0.39, 0.29) is 24.6 Å². The lowest BCUT2D eigenvalue weighted by Crippen LogP contribution is -2.68. The van der Waals surface area contributed by atoms with E-state index in [9.17, 15) is 13.5 Å². The Bertz CT molecular complexity index is 1190. The Balaban J connectivity index is 1.40. The number of aliphatic hydroxyl groups excluding tert-OH is 1. The predicted octanol–water partition coefficient (Wildman–Crippen LogP) is 3.47. The molecule has 0 aromatic heterocycles. The van der Waals surface area contributed by atoms with Crippen molar-refractivity contribution in [1.29, 1.82) is 0 Å². The highest BCUT2D eigenvalue weighted by Gasteiger charge is 2.51. The Morgan fingerprint density at radius 2 is 1.81 bits per heavy atom. The number of fused-ring (bicyclic) bond motifs is 1. The van der Waals surface area contributed by atoms with Gasteiger partial charge in [0.2, 0.25) is 10.0 Å². The molecule has 3 fully saturated rings. The second kappa shape index (κ2) is 11.1. The summed E-state index contributed by atoms with van der Waals surface area (Å²) in [6, 6.07) is 15.2. The summed E-state index contributed by atoms with van der Waals surface area (Å²) in [5.74, 6) is 0.113. The summed E-state index contributed by atoms with van der Waals surface area (Å²) < 4.78 is 29.5. The minimum Gasteiger partial charge on any atom is -0.395 e. The average molecular weight is 527 g/mol. The Kier molecular flexibility index (Phi) is 8.05. The number of benzene rings is 2. The van der Waals surface area contributed by atoms with Crippen LogP contribution in [0.5, 0.6) is 0 Å². The Labute approximate surface area is 222 Å². The van der Waals surface area contributed by atoms with E-state index in [1.54, 1.807) is 4.31 Å². The van der Waals surface area contributed by atoms with Gasteiger partial charge in [0.1, 0.15) is 5.37 Å². The molecule has 2 aromatic rings. The topological polar surface area (TPSA) is 76.1 Å². The van der Waals surface area contributed by atoms with Crippen LogP contribution in [0.1, 0.15) is 55.2 Å². The molecule has 0 amide bonds. The Hall–Kier alpha value is -1.81. The van der Waals surface area contributed by atoms with Crippen molar-refractivity contribution >= 4 is 10.0 Å². The van der Waals surface area contributed by atoms with Crippen LogP contribution >= 0.6 is 0 Å².